The van der Waals surface area contributed by atoms with Crippen LogP contribution in [0, 0.1) is 0 Å². The maximum absolute atomic E-state index is 12.6. The Morgan fingerprint density at radius 1 is 1.05 bits per heavy atom. The van der Waals surface area contributed by atoms with E-state index in [1.165, 1.54) is 12.1 Å². The molecular weight excluding hydrogens is 293 g/mol. The molecule has 22 heavy (non-hydrogen) atoms. The third-order valence-corrected chi connectivity index (χ3v) is 3.32. The lowest BCUT2D eigenvalue weighted by molar-refractivity contribution is -0.141. The van der Waals surface area contributed by atoms with Crippen LogP contribution < -0.4 is 5.32 Å². The van der Waals surface area contributed by atoms with E-state index in [9.17, 15) is 13.2 Å². The Morgan fingerprint density at radius 2 is 1.77 bits per heavy atom. The van der Waals surface area contributed by atoms with Crippen LogP contribution in [0.15, 0.2) is 48.5 Å². The van der Waals surface area contributed by atoms with Gasteiger partial charge >= 0.3 is 6.18 Å². The van der Waals surface area contributed by atoms with E-state index in [1.54, 1.807) is 0 Å². The van der Waals surface area contributed by atoms with E-state index in [4.69, 9.17) is 5.11 Å². The van der Waals surface area contributed by atoms with E-state index < -0.39 is 11.9 Å². The van der Waals surface area contributed by atoms with Gasteiger partial charge in [0.2, 0.25) is 0 Å². The molecule has 0 aliphatic carbocycles. The summed E-state index contributed by atoms with van der Waals surface area (Å²) in [5.74, 6) is 0.177. The smallest absolute Gasteiger partial charge is 0.396 e. The van der Waals surface area contributed by atoms with Gasteiger partial charge in [0.05, 0.1) is 0 Å². The first-order valence-electron chi connectivity index (χ1n) is 6.94. The molecule has 0 saturated carbocycles. The van der Waals surface area contributed by atoms with Crippen LogP contribution in [-0.2, 0) is 6.18 Å². The minimum absolute atomic E-state index is 0.00235. The Hall–Kier alpha value is -2.08. The molecule has 118 valence electrons. The van der Waals surface area contributed by atoms with Crippen LogP contribution in [0.1, 0.15) is 23.6 Å². The molecule has 1 aromatic heterocycles. The van der Waals surface area contributed by atoms with Crippen molar-refractivity contribution in [3.8, 4) is 0 Å². The molecule has 1 aromatic carbocycles. The minimum atomic E-state index is -4.46. The third-order valence-electron chi connectivity index (χ3n) is 3.32. The van der Waals surface area contributed by atoms with Crippen LogP contribution in [0.4, 0.5) is 19.0 Å². The maximum atomic E-state index is 12.6. The zero-order valence-corrected chi connectivity index (χ0v) is 11.8. The second-order valence-electron chi connectivity index (χ2n) is 4.91. The second-order valence-corrected chi connectivity index (χ2v) is 4.91. The number of aliphatic hydroxyl groups excluding tert-OH is 1. The number of aromatic nitrogens is 1. The van der Waals surface area contributed by atoms with E-state index in [0.717, 1.165) is 11.6 Å². The van der Waals surface area contributed by atoms with Crippen molar-refractivity contribution in [1.82, 2.24) is 4.98 Å². The predicted molar refractivity (Wildman–Crippen MR) is 78.6 cm³/mol. The minimum Gasteiger partial charge on any atom is -0.396 e. The Kier molecular flexibility index (Phi) is 5.38. The number of alkyl halides is 3. The Balaban J connectivity index is 2.07. The summed E-state index contributed by atoms with van der Waals surface area (Å²) in [5, 5.41) is 12.1. The fraction of sp³-hybridized carbons (Fsp3) is 0.312. The van der Waals surface area contributed by atoms with Crippen LogP contribution in [0.3, 0.4) is 0 Å². The van der Waals surface area contributed by atoms with Crippen molar-refractivity contribution in [1.29, 1.82) is 0 Å². The first-order valence-corrected chi connectivity index (χ1v) is 6.94. The van der Waals surface area contributed by atoms with Crippen LogP contribution in [-0.4, -0.2) is 23.2 Å². The van der Waals surface area contributed by atoms with Crippen molar-refractivity contribution in [2.75, 3.05) is 18.5 Å². The highest BCUT2D eigenvalue weighted by Crippen LogP contribution is 2.28. The molecule has 6 heteroatoms. The lowest BCUT2D eigenvalue weighted by Gasteiger charge is -2.18. The van der Waals surface area contributed by atoms with Crippen LogP contribution >= 0.6 is 0 Å². The molecule has 3 nitrogen and oxygen atoms in total. The number of hydrogen-bond acceptors (Lipinski definition) is 3. The standard InChI is InChI=1S/C16H17F3N2O/c17-16(18,19)14-7-4-8-15(21-14)20-11-13(9-10-22)12-5-2-1-3-6-12/h1-8,13,22H,9-11H2,(H,20,21). The molecule has 1 atom stereocenters. The molecule has 2 rings (SSSR count). The molecule has 1 unspecified atom stereocenters. The average Bonchev–Trinajstić information content (AvgIpc) is 2.52. The molecule has 2 aromatic rings. The third kappa shape index (κ3) is 4.46. The maximum Gasteiger partial charge on any atom is 0.433 e. The summed E-state index contributed by atoms with van der Waals surface area (Å²) in [6.07, 6.45) is -3.93. The summed E-state index contributed by atoms with van der Waals surface area (Å²) < 4.78 is 37.9. The Bertz CT molecular complexity index is 587. The number of nitrogens with one attached hydrogen (secondary N) is 1. The first kappa shape index (κ1) is 16.3. The van der Waals surface area contributed by atoms with E-state index in [1.807, 2.05) is 30.3 Å². The van der Waals surface area contributed by atoms with Gasteiger partial charge in [-0.2, -0.15) is 13.2 Å². The molecular formula is C16H17F3N2O. The van der Waals surface area contributed by atoms with Gasteiger partial charge in [0.1, 0.15) is 11.5 Å². The highest BCUT2D eigenvalue weighted by Gasteiger charge is 2.32. The molecule has 0 spiro atoms. The van der Waals surface area contributed by atoms with E-state index in [2.05, 4.69) is 10.3 Å². The molecule has 1 heterocycles. The fourth-order valence-electron chi connectivity index (χ4n) is 2.19. The monoisotopic (exact) mass is 310 g/mol. The van der Waals surface area contributed by atoms with Crippen molar-refractivity contribution in [2.24, 2.45) is 0 Å². The van der Waals surface area contributed by atoms with Crippen LogP contribution in [0.2, 0.25) is 0 Å². The number of rotatable bonds is 6. The van der Waals surface area contributed by atoms with Gasteiger partial charge in [0, 0.05) is 19.1 Å². The van der Waals surface area contributed by atoms with Gasteiger partial charge in [0.25, 0.3) is 0 Å². The van der Waals surface area contributed by atoms with Crippen molar-refractivity contribution < 1.29 is 18.3 Å². The summed E-state index contributed by atoms with van der Waals surface area (Å²) in [6.45, 7) is 0.413. The Morgan fingerprint density at radius 3 is 2.41 bits per heavy atom. The lowest BCUT2D eigenvalue weighted by atomic mass is 9.96. The molecule has 0 amide bonds. The molecule has 0 radical (unpaired) electrons. The van der Waals surface area contributed by atoms with E-state index >= 15 is 0 Å². The van der Waals surface area contributed by atoms with Crippen molar-refractivity contribution in [3.63, 3.8) is 0 Å². The topological polar surface area (TPSA) is 45.1 Å². The highest BCUT2D eigenvalue weighted by atomic mass is 19.4. The summed E-state index contributed by atoms with van der Waals surface area (Å²) in [7, 11) is 0. The molecule has 0 aliphatic heterocycles. The lowest BCUT2D eigenvalue weighted by Crippen LogP contribution is -2.16. The summed E-state index contributed by atoms with van der Waals surface area (Å²) >= 11 is 0. The van der Waals surface area contributed by atoms with Gasteiger partial charge in [-0.25, -0.2) is 4.98 Å². The molecule has 0 bridgehead atoms. The summed E-state index contributed by atoms with van der Waals surface area (Å²) in [5.41, 5.74) is 0.104. The Labute approximate surface area is 126 Å². The number of aliphatic hydroxyl groups is 1. The normalized spacial score (nSPS) is 12.9. The van der Waals surface area contributed by atoms with Gasteiger partial charge in [-0.15, -0.1) is 0 Å². The van der Waals surface area contributed by atoms with Gasteiger partial charge in [-0.3, -0.25) is 0 Å². The molecule has 0 fully saturated rings. The number of nitrogens with zero attached hydrogens (tertiary/aromatic N) is 1. The number of benzene rings is 1. The second kappa shape index (κ2) is 7.26. The molecule has 0 saturated heterocycles. The van der Waals surface area contributed by atoms with Crippen molar-refractivity contribution in [2.45, 2.75) is 18.5 Å². The zero-order valence-electron chi connectivity index (χ0n) is 11.8. The van der Waals surface area contributed by atoms with Crippen molar-refractivity contribution in [3.05, 3.63) is 59.8 Å². The highest BCUT2D eigenvalue weighted by molar-refractivity contribution is 5.37. The van der Waals surface area contributed by atoms with Crippen LogP contribution in [0.25, 0.3) is 0 Å². The van der Waals surface area contributed by atoms with E-state index in [-0.39, 0.29) is 18.3 Å². The summed E-state index contributed by atoms with van der Waals surface area (Å²) in [6, 6.07) is 13.3. The van der Waals surface area contributed by atoms with Gasteiger partial charge in [0.15, 0.2) is 0 Å². The number of hydrogen-bond donors (Lipinski definition) is 2. The number of anilines is 1. The quantitative estimate of drug-likeness (QED) is 0.855. The number of pyridine rings is 1. The van der Waals surface area contributed by atoms with Gasteiger partial charge in [-0.05, 0) is 24.1 Å². The average molecular weight is 310 g/mol. The fourth-order valence-corrected chi connectivity index (χ4v) is 2.19. The molecule has 2 N–H and O–H groups in total. The van der Waals surface area contributed by atoms with Crippen molar-refractivity contribution >= 4 is 5.82 Å². The number of halogens is 3. The van der Waals surface area contributed by atoms with Gasteiger partial charge < -0.3 is 10.4 Å². The van der Waals surface area contributed by atoms with Crippen LogP contribution in [0.5, 0.6) is 0 Å². The molecule has 0 aliphatic rings. The zero-order chi connectivity index (χ0) is 16.0. The van der Waals surface area contributed by atoms with Gasteiger partial charge in [-0.1, -0.05) is 36.4 Å². The predicted octanol–water partition coefficient (Wildman–Crippen LogP) is 3.68. The first-order chi connectivity index (χ1) is 10.5. The largest absolute Gasteiger partial charge is 0.433 e. The summed E-state index contributed by atoms with van der Waals surface area (Å²) in [4.78, 5) is 3.57. The SMILES string of the molecule is OCCC(CNc1cccc(C(F)(F)F)n1)c1ccccc1. The van der Waals surface area contributed by atoms with E-state index in [0.29, 0.717) is 13.0 Å².